The molecule has 1 aliphatic carbocycles. The number of aryl methyl sites for hydroxylation is 1. The number of hydrogen-bond acceptors (Lipinski definition) is 9. The second-order valence-corrected chi connectivity index (χ2v) is 10.5. The standard InChI is InChI=1S/C27H30N8OS/c1-3-30-21(36)7-5-18-4-6-19-15-27(24(28)20(19)14-18)9-12-35(13-10-27)25-17(2)33-23(16-32-25)37-22-8-11-31-26(29)34-22/h4,6,8,11,14,16,24H,3,9-10,12-13,15,28H2,1-2H3,(H,30,36)(H2,29,31,34)/t24-/m1/s1. The summed E-state index contributed by atoms with van der Waals surface area (Å²) < 4.78 is 0. The molecular weight excluding hydrogens is 484 g/mol. The van der Waals surface area contributed by atoms with Gasteiger partial charge in [0.15, 0.2) is 0 Å². The van der Waals surface area contributed by atoms with Gasteiger partial charge >= 0.3 is 0 Å². The van der Waals surface area contributed by atoms with Gasteiger partial charge in [-0.2, -0.15) is 0 Å². The number of carbonyl (C=O) groups is 1. The molecule has 1 spiro atoms. The molecule has 5 rings (SSSR count). The summed E-state index contributed by atoms with van der Waals surface area (Å²) >= 11 is 1.42. The Hall–Kier alpha value is -3.68. The lowest BCUT2D eigenvalue weighted by atomic mass is 9.73. The number of benzene rings is 1. The van der Waals surface area contributed by atoms with Gasteiger partial charge in [-0.1, -0.05) is 12.0 Å². The fraction of sp³-hybridized carbons (Fsp3) is 0.370. The van der Waals surface area contributed by atoms with E-state index in [0.29, 0.717) is 6.54 Å². The van der Waals surface area contributed by atoms with E-state index in [4.69, 9.17) is 21.4 Å². The van der Waals surface area contributed by atoms with Crippen LogP contribution in [0.3, 0.4) is 0 Å². The molecule has 37 heavy (non-hydrogen) atoms. The number of nitrogens with zero attached hydrogens (tertiary/aromatic N) is 5. The zero-order valence-electron chi connectivity index (χ0n) is 21.0. The largest absolute Gasteiger partial charge is 0.368 e. The highest BCUT2D eigenvalue weighted by atomic mass is 32.2. The fourth-order valence-electron chi connectivity index (χ4n) is 5.26. The molecule has 1 aromatic carbocycles. The Kier molecular flexibility index (Phi) is 7.00. The monoisotopic (exact) mass is 514 g/mol. The number of piperidine rings is 1. The van der Waals surface area contributed by atoms with Crippen LogP contribution in [-0.4, -0.2) is 45.5 Å². The Morgan fingerprint density at radius 1 is 1.22 bits per heavy atom. The van der Waals surface area contributed by atoms with Crippen molar-refractivity contribution >= 4 is 29.4 Å². The summed E-state index contributed by atoms with van der Waals surface area (Å²) in [5.74, 6) is 6.51. The number of nitrogens with one attached hydrogen (secondary N) is 1. The van der Waals surface area contributed by atoms with Crippen LogP contribution in [-0.2, 0) is 11.2 Å². The molecule has 0 saturated carbocycles. The number of aromatic nitrogens is 4. The van der Waals surface area contributed by atoms with Gasteiger partial charge in [0.1, 0.15) is 15.9 Å². The zero-order chi connectivity index (χ0) is 26.0. The molecular formula is C27H30N8OS. The van der Waals surface area contributed by atoms with Crippen LogP contribution in [0, 0.1) is 24.2 Å². The zero-order valence-corrected chi connectivity index (χ0v) is 21.8. The van der Waals surface area contributed by atoms with Gasteiger partial charge in [-0.25, -0.2) is 19.9 Å². The van der Waals surface area contributed by atoms with E-state index in [1.54, 1.807) is 18.5 Å². The van der Waals surface area contributed by atoms with Crippen LogP contribution in [0.25, 0.3) is 0 Å². The van der Waals surface area contributed by atoms with Crippen molar-refractivity contribution in [3.63, 3.8) is 0 Å². The minimum absolute atomic E-state index is 0.0224. The Bertz CT molecular complexity index is 1390. The van der Waals surface area contributed by atoms with E-state index in [9.17, 15) is 4.79 Å². The maximum atomic E-state index is 11.7. The lowest BCUT2D eigenvalue weighted by Crippen LogP contribution is -2.44. The van der Waals surface area contributed by atoms with Crippen LogP contribution in [0.2, 0.25) is 0 Å². The third-order valence-corrected chi connectivity index (χ3v) is 8.00. The van der Waals surface area contributed by atoms with E-state index >= 15 is 0 Å². The summed E-state index contributed by atoms with van der Waals surface area (Å²) in [5.41, 5.74) is 16.7. The van der Waals surface area contributed by atoms with Crippen molar-refractivity contribution in [3.8, 4) is 11.8 Å². The molecule has 3 aromatic rings. The predicted molar refractivity (Wildman–Crippen MR) is 144 cm³/mol. The molecule has 1 saturated heterocycles. The Balaban J connectivity index is 1.25. The van der Waals surface area contributed by atoms with Crippen LogP contribution < -0.4 is 21.7 Å². The minimum atomic E-state index is -0.264. The van der Waals surface area contributed by atoms with Gasteiger partial charge in [0.05, 0.1) is 11.9 Å². The summed E-state index contributed by atoms with van der Waals surface area (Å²) in [6, 6.07) is 7.92. The molecule has 1 aliphatic heterocycles. The van der Waals surface area contributed by atoms with Gasteiger partial charge in [-0.15, -0.1) is 0 Å². The van der Waals surface area contributed by atoms with E-state index < -0.39 is 0 Å². The van der Waals surface area contributed by atoms with Gasteiger partial charge in [0.2, 0.25) is 5.95 Å². The predicted octanol–water partition coefficient (Wildman–Crippen LogP) is 2.64. The molecule has 5 N–H and O–H groups in total. The van der Waals surface area contributed by atoms with Crippen molar-refractivity contribution < 1.29 is 4.79 Å². The van der Waals surface area contributed by atoms with Crippen molar-refractivity contribution in [2.75, 3.05) is 30.3 Å². The normalized spacial score (nSPS) is 17.7. The quantitative estimate of drug-likeness (QED) is 0.354. The maximum absolute atomic E-state index is 11.7. The smallest absolute Gasteiger partial charge is 0.296 e. The minimum Gasteiger partial charge on any atom is -0.368 e. The molecule has 9 nitrogen and oxygen atoms in total. The van der Waals surface area contributed by atoms with Crippen molar-refractivity contribution in [1.29, 1.82) is 0 Å². The van der Waals surface area contributed by atoms with Crippen LogP contribution in [0.4, 0.5) is 11.8 Å². The highest BCUT2D eigenvalue weighted by Crippen LogP contribution is 2.51. The van der Waals surface area contributed by atoms with Gasteiger partial charge in [0.25, 0.3) is 5.91 Å². The first-order valence-electron chi connectivity index (χ1n) is 12.4. The van der Waals surface area contributed by atoms with Crippen LogP contribution >= 0.6 is 11.8 Å². The molecule has 0 unspecified atom stereocenters. The Morgan fingerprint density at radius 2 is 2.03 bits per heavy atom. The topological polar surface area (TPSA) is 136 Å². The maximum Gasteiger partial charge on any atom is 0.296 e. The number of fused-ring (bicyclic) bond motifs is 1. The SMILES string of the molecule is CCNC(=O)C#Cc1ccc2c(c1)[C@@H](N)C1(CCN(c3ncc(Sc4ccnc(N)n4)nc3C)CC1)C2. The molecule has 2 aromatic heterocycles. The number of anilines is 2. The lowest BCUT2D eigenvalue weighted by Gasteiger charge is -2.42. The molecule has 0 radical (unpaired) electrons. The third kappa shape index (κ3) is 5.24. The molecule has 10 heteroatoms. The number of nitrogens with two attached hydrogens (primary N) is 2. The van der Waals surface area contributed by atoms with Crippen molar-refractivity contribution in [2.45, 2.75) is 49.2 Å². The van der Waals surface area contributed by atoms with E-state index in [1.165, 1.54) is 17.3 Å². The van der Waals surface area contributed by atoms with Gasteiger partial charge in [-0.05, 0) is 79.6 Å². The van der Waals surface area contributed by atoms with E-state index in [1.807, 2.05) is 19.9 Å². The number of hydrogen-bond donors (Lipinski definition) is 3. The highest BCUT2D eigenvalue weighted by Gasteiger charge is 2.46. The summed E-state index contributed by atoms with van der Waals surface area (Å²) in [7, 11) is 0. The van der Waals surface area contributed by atoms with Crippen LogP contribution in [0.15, 0.2) is 46.7 Å². The van der Waals surface area contributed by atoms with Gasteiger partial charge in [-0.3, -0.25) is 4.79 Å². The van der Waals surface area contributed by atoms with Crippen molar-refractivity contribution in [2.24, 2.45) is 11.1 Å². The average Bonchev–Trinajstić information content (AvgIpc) is 3.14. The second kappa shape index (κ2) is 10.4. The second-order valence-electron chi connectivity index (χ2n) is 9.50. The summed E-state index contributed by atoms with van der Waals surface area (Å²) in [5, 5.41) is 4.21. The molecule has 3 heterocycles. The lowest BCUT2D eigenvalue weighted by molar-refractivity contribution is -0.115. The first-order chi connectivity index (χ1) is 17.9. The number of amides is 1. The van der Waals surface area contributed by atoms with Crippen LogP contribution in [0.1, 0.15) is 48.2 Å². The van der Waals surface area contributed by atoms with E-state index in [0.717, 1.165) is 65.0 Å². The van der Waals surface area contributed by atoms with Crippen LogP contribution in [0.5, 0.6) is 0 Å². The number of carbonyl (C=O) groups excluding carboxylic acids is 1. The summed E-state index contributed by atoms with van der Waals surface area (Å²) in [6.45, 7) is 6.17. The highest BCUT2D eigenvalue weighted by molar-refractivity contribution is 7.99. The Labute approximate surface area is 220 Å². The number of rotatable bonds is 4. The fourth-order valence-corrected chi connectivity index (χ4v) is 6.03. The van der Waals surface area contributed by atoms with E-state index in [-0.39, 0.29) is 23.3 Å². The molecule has 0 bridgehead atoms. The Morgan fingerprint density at radius 3 is 2.76 bits per heavy atom. The van der Waals surface area contributed by atoms with E-state index in [2.05, 4.69) is 44.2 Å². The third-order valence-electron chi connectivity index (χ3n) is 7.16. The summed E-state index contributed by atoms with van der Waals surface area (Å²) in [4.78, 5) is 31.7. The van der Waals surface area contributed by atoms with Crippen molar-refractivity contribution in [3.05, 3.63) is 59.0 Å². The molecule has 2 aliphatic rings. The van der Waals surface area contributed by atoms with Gasteiger partial charge in [0, 0.05) is 43.4 Å². The molecule has 1 atom stereocenters. The number of nitrogen functional groups attached to an aromatic ring is 1. The molecule has 1 amide bonds. The summed E-state index contributed by atoms with van der Waals surface area (Å²) in [6.07, 6.45) is 6.33. The first-order valence-corrected chi connectivity index (χ1v) is 13.2. The van der Waals surface area contributed by atoms with Gasteiger partial charge < -0.3 is 21.7 Å². The molecule has 1 fully saturated rings. The van der Waals surface area contributed by atoms with Crippen molar-refractivity contribution in [1.82, 2.24) is 25.3 Å². The molecule has 190 valence electrons. The first kappa shape index (κ1) is 25.0. The average molecular weight is 515 g/mol.